The molecule has 1 N–H and O–H groups in total. The van der Waals surface area contributed by atoms with E-state index in [4.69, 9.17) is 11.6 Å². The standard InChI is InChI=1S/C19H14ClNOS/c20-15-6-8-16(9-7-15)21-19(22)13-11-17-10-12-18(23-17)14-4-2-1-3-5-14/h1-13H,(H,21,22)/b13-11+. The summed E-state index contributed by atoms with van der Waals surface area (Å²) in [6.07, 6.45) is 3.36. The maximum atomic E-state index is 11.9. The molecule has 0 bridgehead atoms. The van der Waals surface area contributed by atoms with Crippen LogP contribution < -0.4 is 5.32 Å². The summed E-state index contributed by atoms with van der Waals surface area (Å²) in [7, 11) is 0. The van der Waals surface area contributed by atoms with Crippen LogP contribution in [0.4, 0.5) is 5.69 Å². The Labute approximate surface area is 144 Å². The lowest BCUT2D eigenvalue weighted by Gasteiger charge is -2.01. The summed E-state index contributed by atoms with van der Waals surface area (Å²) in [5.74, 6) is -0.165. The van der Waals surface area contributed by atoms with Crippen LogP contribution in [-0.2, 0) is 4.79 Å². The van der Waals surface area contributed by atoms with Crippen LogP contribution in [-0.4, -0.2) is 5.91 Å². The lowest BCUT2D eigenvalue weighted by Crippen LogP contribution is -2.07. The summed E-state index contributed by atoms with van der Waals surface area (Å²) in [5.41, 5.74) is 1.91. The first kappa shape index (κ1) is 15.5. The van der Waals surface area contributed by atoms with Crippen molar-refractivity contribution in [3.63, 3.8) is 0 Å². The number of thiophene rings is 1. The SMILES string of the molecule is O=C(/C=C/c1ccc(-c2ccccc2)s1)Nc1ccc(Cl)cc1. The number of hydrogen-bond donors (Lipinski definition) is 1. The highest BCUT2D eigenvalue weighted by molar-refractivity contribution is 7.16. The van der Waals surface area contributed by atoms with E-state index in [1.165, 1.54) is 16.5 Å². The predicted octanol–water partition coefficient (Wildman–Crippen LogP) is 5.72. The number of amides is 1. The van der Waals surface area contributed by atoms with Crippen molar-refractivity contribution in [3.8, 4) is 10.4 Å². The molecule has 0 saturated carbocycles. The van der Waals surface area contributed by atoms with Gasteiger partial charge in [0.25, 0.3) is 0 Å². The fourth-order valence-electron chi connectivity index (χ4n) is 2.07. The number of carbonyl (C=O) groups excluding carboxylic acids is 1. The lowest BCUT2D eigenvalue weighted by atomic mass is 10.2. The lowest BCUT2D eigenvalue weighted by molar-refractivity contribution is -0.111. The minimum atomic E-state index is -0.165. The number of anilines is 1. The molecule has 3 aromatic rings. The molecule has 0 aliphatic carbocycles. The second-order valence-corrected chi connectivity index (χ2v) is 6.45. The van der Waals surface area contributed by atoms with Crippen LogP contribution in [0, 0.1) is 0 Å². The number of rotatable bonds is 4. The second-order valence-electron chi connectivity index (χ2n) is 4.90. The molecule has 0 saturated heterocycles. The Morgan fingerprint density at radius 1 is 0.957 bits per heavy atom. The van der Waals surface area contributed by atoms with Crippen molar-refractivity contribution in [2.45, 2.75) is 0 Å². The van der Waals surface area contributed by atoms with Crippen LogP contribution in [0.25, 0.3) is 16.5 Å². The van der Waals surface area contributed by atoms with E-state index in [9.17, 15) is 4.79 Å². The first-order valence-electron chi connectivity index (χ1n) is 7.10. The zero-order chi connectivity index (χ0) is 16.1. The maximum absolute atomic E-state index is 11.9. The number of carbonyl (C=O) groups is 1. The Morgan fingerprint density at radius 2 is 1.70 bits per heavy atom. The third-order valence-corrected chi connectivity index (χ3v) is 4.55. The highest BCUT2D eigenvalue weighted by Gasteiger charge is 2.01. The van der Waals surface area contributed by atoms with E-state index in [2.05, 4.69) is 23.5 Å². The van der Waals surface area contributed by atoms with Gasteiger partial charge in [-0.3, -0.25) is 4.79 Å². The van der Waals surface area contributed by atoms with Crippen LogP contribution in [0.2, 0.25) is 5.02 Å². The molecule has 2 aromatic carbocycles. The van der Waals surface area contributed by atoms with Crippen molar-refractivity contribution in [3.05, 3.63) is 82.7 Å². The quantitative estimate of drug-likeness (QED) is 0.605. The Bertz CT molecular complexity index is 822. The van der Waals surface area contributed by atoms with Gasteiger partial charge in [0.2, 0.25) is 5.91 Å². The van der Waals surface area contributed by atoms with Crippen molar-refractivity contribution in [2.75, 3.05) is 5.32 Å². The van der Waals surface area contributed by atoms with Gasteiger partial charge < -0.3 is 5.32 Å². The Kier molecular flexibility index (Phi) is 4.91. The third kappa shape index (κ3) is 4.31. The summed E-state index contributed by atoms with van der Waals surface area (Å²) < 4.78 is 0. The van der Waals surface area contributed by atoms with Crippen molar-refractivity contribution < 1.29 is 4.79 Å². The fraction of sp³-hybridized carbons (Fsp3) is 0. The Hall–Kier alpha value is -2.36. The van der Waals surface area contributed by atoms with Gasteiger partial charge in [-0.25, -0.2) is 0 Å². The summed E-state index contributed by atoms with van der Waals surface area (Å²) in [6.45, 7) is 0. The summed E-state index contributed by atoms with van der Waals surface area (Å²) in [6, 6.07) is 21.3. The van der Waals surface area contributed by atoms with Gasteiger partial charge >= 0.3 is 0 Å². The molecule has 1 amide bonds. The Morgan fingerprint density at radius 3 is 2.43 bits per heavy atom. The largest absolute Gasteiger partial charge is 0.323 e. The average molecular weight is 340 g/mol. The summed E-state index contributed by atoms with van der Waals surface area (Å²) >= 11 is 7.47. The van der Waals surface area contributed by atoms with Crippen molar-refractivity contribution in [2.24, 2.45) is 0 Å². The van der Waals surface area contributed by atoms with Crippen LogP contribution >= 0.6 is 22.9 Å². The number of halogens is 1. The van der Waals surface area contributed by atoms with Gasteiger partial charge in [-0.05, 0) is 48.0 Å². The maximum Gasteiger partial charge on any atom is 0.248 e. The van der Waals surface area contributed by atoms with E-state index >= 15 is 0 Å². The minimum absolute atomic E-state index is 0.165. The van der Waals surface area contributed by atoms with E-state index in [0.717, 1.165) is 10.6 Å². The molecule has 0 fully saturated rings. The van der Waals surface area contributed by atoms with Crippen molar-refractivity contribution in [1.29, 1.82) is 0 Å². The van der Waals surface area contributed by atoms with Crippen LogP contribution in [0.15, 0.2) is 72.8 Å². The van der Waals surface area contributed by atoms with Gasteiger partial charge in [-0.2, -0.15) is 0 Å². The molecule has 3 rings (SSSR count). The number of nitrogens with one attached hydrogen (secondary N) is 1. The number of hydrogen-bond acceptors (Lipinski definition) is 2. The first-order valence-corrected chi connectivity index (χ1v) is 8.30. The molecule has 0 radical (unpaired) electrons. The molecule has 1 heterocycles. The second kappa shape index (κ2) is 7.27. The highest BCUT2D eigenvalue weighted by atomic mass is 35.5. The molecule has 0 aliphatic heterocycles. The van der Waals surface area contributed by atoms with Crippen LogP contribution in [0.3, 0.4) is 0 Å². The van der Waals surface area contributed by atoms with Gasteiger partial charge in [-0.1, -0.05) is 41.9 Å². The molecule has 4 heteroatoms. The number of benzene rings is 2. The predicted molar refractivity (Wildman–Crippen MR) is 98.9 cm³/mol. The van der Waals surface area contributed by atoms with Gasteiger partial charge in [0, 0.05) is 26.5 Å². The van der Waals surface area contributed by atoms with E-state index in [1.54, 1.807) is 35.6 Å². The minimum Gasteiger partial charge on any atom is -0.323 e. The zero-order valence-corrected chi connectivity index (χ0v) is 13.8. The molecule has 114 valence electrons. The van der Waals surface area contributed by atoms with Crippen LogP contribution in [0.5, 0.6) is 0 Å². The first-order chi connectivity index (χ1) is 11.2. The van der Waals surface area contributed by atoms with E-state index in [1.807, 2.05) is 30.3 Å². The molecule has 0 atom stereocenters. The molecule has 23 heavy (non-hydrogen) atoms. The topological polar surface area (TPSA) is 29.1 Å². The molecule has 0 aliphatic rings. The Balaban J connectivity index is 1.65. The van der Waals surface area contributed by atoms with Gasteiger partial charge in [0.05, 0.1) is 0 Å². The van der Waals surface area contributed by atoms with E-state index < -0.39 is 0 Å². The molecular weight excluding hydrogens is 326 g/mol. The highest BCUT2D eigenvalue weighted by Crippen LogP contribution is 2.28. The summed E-state index contributed by atoms with van der Waals surface area (Å²) in [4.78, 5) is 14.1. The molecule has 2 nitrogen and oxygen atoms in total. The molecular formula is C19H14ClNOS. The van der Waals surface area contributed by atoms with Crippen LogP contribution in [0.1, 0.15) is 4.88 Å². The third-order valence-electron chi connectivity index (χ3n) is 3.20. The zero-order valence-electron chi connectivity index (χ0n) is 12.2. The van der Waals surface area contributed by atoms with Gasteiger partial charge in [0.15, 0.2) is 0 Å². The normalized spacial score (nSPS) is 10.8. The van der Waals surface area contributed by atoms with Gasteiger partial charge in [0.1, 0.15) is 0 Å². The molecule has 0 unspecified atom stereocenters. The van der Waals surface area contributed by atoms with E-state index in [-0.39, 0.29) is 5.91 Å². The summed E-state index contributed by atoms with van der Waals surface area (Å²) in [5, 5.41) is 3.44. The fourth-order valence-corrected chi connectivity index (χ4v) is 3.12. The average Bonchev–Trinajstić information content (AvgIpc) is 3.05. The van der Waals surface area contributed by atoms with E-state index in [0.29, 0.717) is 5.02 Å². The van der Waals surface area contributed by atoms with Gasteiger partial charge in [-0.15, -0.1) is 11.3 Å². The molecule has 1 aromatic heterocycles. The monoisotopic (exact) mass is 339 g/mol. The van der Waals surface area contributed by atoms with Crippen molar-refractivity contribution >= 4 is 40.6 Å². The smallest absolute Gasteiger partial charge is 0.248 e. The molecule has 0 spiro atoms. The van der Waals surface area contributed by atoms with Crippen molar-refractivity contribution in [1.82, 2.24) is 0 Å².